The van der Waals surface area contributed by atoms with Crippen LogP contribution in [0.5, 0.6) is 0 Å². The molecule has 0 amide bonds. The summed E-state index contributed by atoms with van der Waals surface area (Å²) in [4.78, 5) is 11.4. The van der Waals surface area contributed by atoms with Gasteiger partial charge in [-0.2, -0.15) is 26.3 Å². The molecule has 0 saturated heterocycles. The third-order valence-electron chi connectivity index (χ3n) is 7.48. The maximum atomic E-state index is 13.2. The van der Waals surface area contributed by atoms with Crippen LogP contribution in [0.25, 0.3) is 0 Å². The monoisotopic (exact) mass is 544 g/mol. The molecule has 0 heterocycles. The Balaban J connectivity index is 0.000000212. The lowest BCUT2D eigenvalue weighted by atomic mass is 9.81. The van der Waals surface area contributed by atoms with Gasteiger partial charge in [-0.3, -0.25) is 0 Å². The average molecular weight is 545 g/mol. The Hall–Kier alpha value is -2.55. The number of aliphatic hydroxyl groups excluding tert-OH is 1. The van der Waals surface area contributed by atoms with E-state index in [2.05, 4.69) is 4.74 Å². The van der Waals surface area contributed by atoms with Gasteiger partial charge < -0.3 is 9.84 Å². The van der Waals surface area contributed by atoms with Crippen LogP contribution in [0.2, 0.25) is 0 Å². The van der Waals surface area contributed by atoms with Gasteiger partial charge in [0.05, 0.1) is 30.4 Å². The summed E-state index contributed by atoms with van der Waals surface area (Å²) in [6.07, 6.45) is 0.568. The quantitative estimate of drug-likeness (QED) is 0.309. The first-order valence-corrected chi connectivity index (χ1v) is 13.1. The molecule has 1 N–H and O–H groups in total. The normalized spacial score (nSPS) is 17.5. The number of rotatable bonds is 4. The lowest BCUT2D eigenvalue weighted by Gasteiger charge is -2.25. The van der Waals surface area contributed by atoms with Crippen LogP contribution in [0.1, 0.15) is 114 Å². The largest absolute Gasteiger partial charge is 0.465 e. The Morgan fingerprint density at radius 1 is 0.763 bits per heavy atom. The van der Waals surface area contributed by atoms with Crippen molar-refractivity contribution in [2.24, 2.45) is 0 Å². The molecular formula is C29H34F6O3. The van der Waals surface area contributed by atoms with E-state index in [-0.39, 0.29) is 24.0 Å². The molecular weight excluding hydrogens is 510 g/mol. The molecule has 0 aromatic heterocycles. The van der Waals surface area contributed by atoms with E-state index in [0.29, 0.717) is 16.7 Å². The van der Waals surface area contributed by atoms with E-state index in [4.69, 9.17) is 5.11 Å². The molecule has 2 fully saturated rings. The minimum absolute atomic E-state index is 0.0168. The van der Waals surface area contributed by atoms with Gasteiger partial charge in [0.1, 0.15) is 0 Å². The molecule has 2 aliphatic carbocycles. The van der Waals surface area contributed by atoms with E-state index in [0.717, 1.165) is 83.5 Å². The van der Waals surface area contributed by atoms with Crippen LogP contribution in [0.15, 0.2) is 36.4 Å². The third-order valence-corrected chi connectivity index (χ3v) is 7.48. The van der Waals surface area contributed by atoms with Gasteiger partial charge in [-0.15, -0.1) is 0 Å². The molecule has 2 aromatic rings. The smallest absolute Gasteiger partial charge is 0.416 e. The fourth-order valence-electron chi connectivity index (χ4n) is 5.53. The molecule has 210 valence electrons. The molecule has 3 nitrogen and oxygen atoms in total. The van der Waals surface area contributed by atoms with Gasteiger partial charge in [0.15, 0.2) is 0 Å². The van der Waals surface area contributed by atoms with Crippen LogP contribution in [0, 0.1) is 0 Å². The van der Waals surface area contributed by atoms with Gasteiger partial charge in [-0.1, -0.05) is 56.7 Å². The summed E-state index contributed by atoms with van der Waals surface area (Å²) in [6, 6.07) is 8.00. The van der Waals surface area contributed by atoms with Crippen molar-refractivity contribution in [3.8, 4) is 0 Å². The molecule has 2 aliphatic rings. The fourth-order valence-corrected chi connectivity index (χ4v) is 5.53. The van der Waals surface area contributed by atoms with Gasteiger partial charge in [0.2, 0.25) is 0 Å². The molecule has 0 bridgehead atoms. The predicted molar refractivity (Wildman–Crippen MR) is 132 cm³/mol. The zero-order valence-electron chi connectivity index (χ0n) is 21.4. The molecule has 38 heavy (non-hydrogen) atoms. The number of esters is 1. The number of hydrogen-bond donors (Lipinski definition) is 1. The molecule has 0 aliphatic heterocycles. The number of alkyl halides is 6. The molecule has 0 atom stereocenters. The van der Waals surface area contributed by atoms with Crippen molar-refractivity contribution in [2.75, 3.05) is 7.11 Å². The van der Waals surface area contributed by atoms with Crippen LogP contribution in [0.3, 0.4) is 0 Å². The Kier molecular flexibility index (Phi) is 10.3. The third kappa shape index (κ3) is 7.74. The van der Waals surface area contributed by atoms with Crippen LogP contribution >= 0.6 is 0 Å². The minimum atomic E-state index is -4.45. The van der Waals surface area contributed by atoms with Crippen molar-refractivity contribution in [3.05, 3.63) is 69.8 Å². The highest BCUT2D eigenvalue weighted by Gasteiger charge is 2.37. The highest BCUT2D eigenvalue weighted by atomic mass is 19.4. The number of carbonyl (C=O) groups is 1. The van der Waals surface area contributed by atoms with Gasteiger partial charge >= 0.3 is 18.3 Å². The van der Waals surface area contributed by atoms with Crippen molar-refractivity contribution in [3.63, 3.8) is 0 Å². The number of benzene rings is 2. The van der Waals surface area contributed by atoms with E-state index in [1.54, 1.807) is 12.1 Å². The molecule has 9 heteroatoms. The Morgan fingerprint density at radius 2 is 1.21 bits per heavy atom. The number of hydrogen-bond acceptors (Lipinski definition) is 3. The summed E-state index contributed by atoms with van der Waals surface area (Å²) in [5, 5.41) is 8.96. The molecule has 0 unspecified atom stereocenters. The van der Waals surface area contributed by atoms with Crippen molar-refractivity contribution in [2.45, 2.75) is 95.0 Å². The standard InChI is InChI=1S/C15H17F3O2.C14H17F3O/c1-20-14(19)11-7-8-12(10-5-3-2-4-6-10)13(9-11)15(16,17)18;15-14(16,17)13-8-10(9-18)6-7-12(13)11-4-2-1-3-5-11/h7-10H,2-6H2,1H3;6-8,11,18H,1-5,9H2. The van der Waals surface area contributed by atoms with Crippen molar-refractivity contribution < 1.29 is 41.0 Å². The van der Waals surface area contributed by atoms with E-state index in [9.17, 15) is 31.1 Å². The lowest BCUT2D eigenvalue weighted by molar-refractivity contribution is -0.139. The van der Waals surface area contributed by atoms with Crippen molar-refractivity contribution in [1.29, 1.82) is 0 Å². The van der Waals surface area contributed by atoms with E-state index >= 15 is 0 Å². The average Bonchev–Trinajstić information content (AvgIpc) is 2.92. The maximum absolute atomic E-state index is 13.2. The first kappa shape index (κ1) is 30.0. The highest BCUT2D eigenvalue weighted by Crippen LogP contribution is 2.42. The number of ether oxygens (including phenoxy) is 1. The minimum Gasteiger partial charge on any atom is -0.465 e. The molecule has 4 rings (SSSR count). The first-order chi connectivity index (χ1) is 18.0. The number of carbonyl (C=O) groups excluding carboxylic acids is 1. The van der Waals surface area contributed by atoms with Gasteiger partial charge in [-0.25, -0.2) is 4.79 Å². The van der Waals surface area contributed by atoms with E-state index in [1.165, 1.54) is 12.1 Å². The van der Waals surface area contributed by atoms with Gasteiger partial charge in [-0.05, 0) is 72.4 Å². The van der Waals surface area contributed by atoms with Crippen LogP contribution < -0.4 is 0 Å². The van der Waals surface area contributed by atoms with Crippen molar-refractivity contribution in [1.82, 2.24) is 0 Å². The van der Waals surface area contributed by atoms with Crippen LogP contribution in [0.4, 0.5) is 26.3 Å². The molecule has 2 saturated carbocycles. The van der Waals surface area contributed by atoms with Crippen molar-refractivity contribution >= 4 is 5.97 Å². The second kappa shape index (κ2) is 13.0. The first-order valence-electron chi connectivity index (χ1n) is 13.1. The number of methoxy groups -OCH3 is 1. The second-order valence-electron chi connectivity index (χ2n) is 10.0. The second-order valence-corrected chi connectivity index (χ2v) is 10.0. The van der Waals surface area contributed by atoms with Gasteiger partial charge in [0.25, 0.3) is 0 Å². The Bertz CT molecular complexity index is 1060. The number of halogens is 6. The topological polar surface area (TPSA) is 46.5 Å². The Labute approximate surface area is 219 Å². The summed E-state index contributed by atoms with van der Waals surface area (Å²) in [7, 11) is 1.16. The van der Waals surface area contributed by atoms with Crippen LogP contribution in [-0.2, 0) is 23.7 Å². The summed E-state index contributed by atoms with van der Waals surface area (Å²) >= 11 is 0. The predicted octanol–water partition coefficient (Wildman–Crippen LogP) is 8.79. The zero-order chi connectivity index (χ0) is 27.9. The van der Waals surface area contributed by atoms with Crippen LogP contribution in [-0.4, -0.2) is 18.2 Å². The molecule has 0 radical (unpaired) electrons. The lowest BCUT2D eigenvalue weighted by Crippen LogP contribution is -2.16. The summed E-state index contributed by atoms with van der Waals surface area (Å²) in [5.74, 6) is -0.791. The summed E-state index contributed by atoms with van der Waals surface area (Å²) in [6.45, 7) is -0.353. The molecule has 0 spiro atoms. The SMILES string of the molecule is COC(=O)c1ccc(C2CCCCC2)c(C(F)(F)F)c1.OCc1ccc(C2CCCCC2)c(C(F)(F)F)c1. The van der Waals surface area contributed by atoms with E-state index < -0.39 is 29.4 Å². The van der Waals surface area contributed by atoms with Gasteiger partial charge in [0, 0.05) is 0 Å². The summed E-state index contributed by atoms with van der Waals surface area (Å²) in [5.41, 5.74) is -0.293. The summed E-state index contributed by atoms with van der Waals surface area (Å²) < 4.78 is 83.2. The zero-order valence-corrected chi connectivity index (χ0v) is 21.4. The number of aliphatic hydroxyl groups is 1. The fraction of sp³-hybridized carbons (Fsp3) is 0.552. The Morgan fingerprint density at radius 3 is 1.63 bits per heavy atom. The highest BCUT2D eigenvalue weighted by molar-refractivity contribution is 5.89. The molecule has 2 aromatic carbocycles. The maximum Gasteiger partial charge on any atom is 0.416 e. The van der Waals surface area contributed by atoms with E-state index in [1.807, 2.05) is 0 Å².